The number of rotatable bonds is 1. The second-order valence-electron chi connectivity index (χ2n) is 5.04. The minimum Gasteiger partial charge on any atom is -0.170 e. The Balaban J connectivity index is 3.68. The fourth-order valence-corrected chi connectivity index (χ4v) is 3.32. The quantitative estimate of drug-likeness (QED) is 0.550. The first-order chi connectivity index (χ1) is 8.77. The molecule has 9 heteroatoms. The molecule has 120 valence electrons. The Bertz CT molecular complexity index is 334. The van der Waals surface area contributed by atoms with Crippen molar-refractivity contribution in [3.8, 4) is 0 Å². The Morgan fingerprint density at radius 3 is 1.35 bits per heavy atom. The summed E-state index contributed by atoms with van der Waals surface area (Å²) in [5.74, 6) is 0. The summed E-state index contributed by atoms with van der Waals surface area (Å²) in [6, 6.07) is 0. The van der Waals surface area contributed by atoms with E-state index in [0.717, 1.165) is 6.92 Å². The second kappa shape index (κ2) is 4.69. The highest BCUT2D eigenvalue weighted by atomic mass is 19.4. The second-order valence-corrected chi connectivity index (χ2v) is 5.04. The van der Waals surface area contributed by atoms with Crippen LogP contribution in [0.15, 0.2) is 0 Å². The monoisotopic (exact) mass is 316 g/mol. The lowest BCUT2D eigenvalue weighted by Gasteiger charge is -2.54. The Morgan fingerprint density at radius 1 is 0.700 bits per heavy atom. The molecule has 0 amide bonds. The Labute approximate surface area is 109 Å². The topological polar surface area (TPSA) is 0 Å². The molecule has 1 aliphatic carbocycles. The maximum Gasteiger partial charge on any atom is 0.404 e. The van der Waals surface area contributed by atoms with Crippen molar-refractivity contribution >= 4 is 0 Å². The SMILES string of the molecule is CCC1(C(F)(F)F)CCCCC1(C(F)(F)F)C(F)(F)F. The molecule has 0 spiro atoms. The molecule has 0 aliphatic heterocycles. The van der Waals surface area contributed by atoms with Crippen LogP contribution in [0.1, 0.15) is 39.0 Å². The maximum absolute atomic E-state index is 13.2. The minimum absolute atomic E-state index is 0.304. The zero-order chi connectivity index (χ0) is 16.0. The van der Waals surface area contributed by atoms with E-state index in [1.807, 2.05) is 0 Å². The van der Waals surface area contributed by atoms with E-state index in [2.05, 4.69) is 0 Å². The molecule has 1 unspecified atom stereocenters. The molecular weight excluding hydrogens is 303 g/mol. The number of hydrogen-bond donors (Lipinski definition) is 0. The summed E-state index contributed by atoms with van der Waals surface area (Å²) in [5, 5.41) is 0. The van der Waals surface area contributed by atoms with Gasteiger partial charge in [-0.15, -0.1) is 0 Å². The normalized spacial score (nSPS) is 28.5. The lowest BCUT2D eigenvalue weighted by molar-refractivity contribution is -0.430. The summed E-state index contributed by atoms with van der Waals surface area (Å²) in [5.41, 5.74) is -8.53. The highest BCUT2D eigenvalue weighted by Crippen LogP contribution is 2.71. The molecule has 0 radical (unpaired) electrons. The van der Waals surface area contributed by atoms with Crippen LogP contribution in [0.5, 0.6) is 0 Å². The Morgan fingerprint density at radius 2 is 1.10 bits per heavy atom. The zero-order valence-electron chi connectivity index (χ0n) is 10.4. The molecule has 0 heterocycles. The van der Waals surface area contributed by atoms with Crippen molar-refractivity contribution in [1.29, 1.82) is 0 Å². The van der Waals surface area contributed by atoms with Crippen LogP contribution in [0, 0.1) is 10.8 Å². The number of halogens is 9. The van der Waals surface area contributed by atoms with Crippen LogP contribution in [0.25, 0.3) is 0 Å². The standard InChI is InChI=1S/C11H13F9/c1-2-7(9(12,13)14)5-3-4-6-8(7,10(15,16)17)11(18,19)20/h2-6H2,1H3. The third-order valence-corrected chi connectivity index (χ3v) is 4.34. The van der Waals surface area contributed by atoms with Crippen LogP contribution in [-0.4, -0.2) is 18.5 Å². The summed E-state index contributed by atoms with van der Waals surface area (Å²) in [4.78, 5) is 0. The van der Waals surface area contributed by atoms with Crippen LogP contribution < -0.4 is 0 Å². The van der Waals surface area contributed by atoms with Gasteiger partial charge in [0.25, 0.3) is 0 Å². The zero-order valence-corrected chi connectivity index (χ0v) is 10.4. The van der Waals surface area contributed by atoms with Crippen molar-refractivity contribution in [2.24, 2.45) is 10.8 Å². The number of hydrogen-bond acceptors (Lipinski definition) is 0. The first kappa shape index (κ1) is 17.4. The first-order valence-electron chi connectivity index (χ1n) is 5.97. The molecule has 0 bridgehead atoms. The lowest BCUT2D eigenvalue weighted by Crippen LogP contribution is -2.66. The fraction of sp³-hybridized carbons (Fsp3) is 1.00. The van der Waals surface area contributed by atoms with Crippen molar-refractivity contribution < 1.29 is 39.5 Å². The summed E-state index contributed by atoms with van der Waals surface area (Å²) in [6.07, 6.45) is -22.4. The molecule has 1 atom stereocenters. The number of alkyl halides is 9. The molecule has 0 aromatic heterocycles. The van der Waals surface area contributed by atoms with Gasteiger partial charge >= 0.3 is 18.5 Å². The molecule has 1 aliphatic rings. The maximum atomic E-state index is 13.2. The van der Waals surface area contributed by atoms with Crippen LogP contribution in [-0.2, 0) is 0 Å². The summed E-state index contributed by atoms with van der Waals surface area (Å²) < 4.78 is 118. The van der Waals surface area contributed by atoms with E-state index in [1.165, 1.54) is 0 Å². The van der Waals surface area contributed by atoms with Gasteiger partial charge < -0.3 is 0 Å². The first-order valence-corrected chi connectivity index (χ1v) is 5.97. The Kier molecular flexibility index (Phi) is 4.09. The average molecular weight is 316 g/mol. The van der Waals surface area contributed by atoms with E-state index < -0.39 is 55.0 Å². The van der Waals surface area contributed by atoms with E-state index in [0.29, 0.717) is 0 Å². The van der Waals surface area contributed by atoms with Gasteiger partial charge in [0.1, 0.15) is 0 Å². The smallest absolute Gasteiger partial charge is 0.170 e. The van der Waals surface area contributed by atoms with Crippen molar-refractivity contribution in [2.45, 2.75) is 57.6 Å². The van der Waals surface area contributed by atoms with E-state index in [4.69, 9.17) is 0 Å². The summed E-state index contributed by atoms with van der Waals surface area (Å²) in [7, 11) is 0. The van der Waals surface area contributed by atoms with Gasteiger partial charge in [-0.05, 0) is 19.3 Å². The molecule has 0 aromatic rings. The third kappa shape index (κ3) is 2.07. The highest BCUT2D eigenvalue weighted by molar-refractivity contribution is 5.11. The summed E-state index contributed by atoms with van der Waals surface area (Å²) >= 11 is 0. The minimum atomic E-state index is -6.00. The van der Waals surface area contributed by atoms with Gasteiger partial charge in [-0.3, -0.25) is 0 Å². The van der Waals surface area contributed by atoms with Gasteiger partial charge in [0, 0.05) is 0 Å². The van der Waals surface area contributed by atoms with Gasteiger partial charge in [-0.25, -0.2) is 0 Å². The Hall–Kier alpha value is -0.630. The van der Waals surface area contributed by atoms with Crippen molar-refractivity contribution in [3.63, 3.8) is 0 Å². The predicted molar refractivity (Wildman–Crippen MR) is 51.8 cm³/mol. The largest absolute Gasteiger partial charge is 0.404 e. The van der Waals surface area contributed by atoms with Crippen LogP contribution in [0.2, 0.25) is 0 Å². The van der Waals surface area contributed by atoms with Gasteiger partial charge in [-0.1, -0.05) is 19.8 Å². The fourth-order valence-electron chi connectivity index (χ4n) is 3.32. The van der Waals surface area contributed by atoms with Crippen LogP contribution >= 0.6 is 0 Å². The molecule has 0 aromatic carbocycles. The molecule has 0 nitrogen and oxygen atoms in total. The van der Waals surface area contributed by atoms with Gasteiger partial charge in [-0.2, -0.15) is 39.5 Å². The van der Waals surface area contributed by atoms with Crippen molar-refractivity contribution in [3.05, 3.63) is 0 Å². The highest BCUT2D eigenvalue weighted by Gasteiger charge is 2.84. The summed E-state index contributed by atoms with van der Waals surface area (Å²) in [6.45, 7) is 0.727. The molecular formula is C11H13F9. The molecule has 0 N–H and O–H groups in total. The van der Waals surface area contributed by atoms with E-state index in [1.54, 1.807) is 0 Å². The van der Waals surface area contributed by atoms with Crippen molar-refractivity contribution in [1.82, 2.24) is 0 Å². The van der Waals surface area contributed by atoms with Crippen LogP contribution in [0.3, 0.4) is 0 Å². The predicted octanol–water partition coefficient (Wildman–Crippen LogP) is 5.63. The van der Waals surface area contributed by atoms with Crippen molar-refractivity contribution in [2.75, 3.05) is 0 Å². The van der Waals surface area contributed by atoms with Gasteiger partial charge in [0.2, 0.25) is 0 Å². The third-order valence-electron chi connectivity index (χ3n) is 4.34. The van der Waals surface area contributed by atoms with E-state index in [9.17, 15) is 39.5 Å². The molecule has 0 saturated heterocycles. The van der Waals surface area contributed by atoms with Gasteiger partial charge in [0.05, 0.1) is 5.41 Å². The van der Waals surface area contributed by atoms with Crippen LogP contribution in [0.4, 0.5) is 39.5 Å². The van der Waals surface area contributed by atoms with E-state index in [-0.39, 0.29) is 6.42 Å². The molecule has 1 rings (SSSR count). The molecule has 20 heavy (non-hydrogen) atoms. The molecule has 1 saturated carbocycles. The van der Waals surface area contributed by atoms with Gasteiger partial charge in [0.15, 0.2) is 5.41 Å². The molecule has 1 fully saturated rings. The average Bonchev–Trinajstić information content (AvgIpc) is 2.23. The lowest BCUT2D eigenvalue weighted by atomic mass is 9.53. The van der Waals surface area contributed by atoms with E-state index >= 15 is 0 Å².